The van der Waals surface area contributed by atoms with Crippen LogP contribution in [-0.2, 0) is 22.4 Å². The van der Waals surface area contributed by atoms with Gasteiger partial charge in [0.2, 0.25) is 0 Å². The van der Waals surface area contributed by atoms with Crippen molar-refractivity contribution >= 4 is 40.1 Å². The van der Waals surface area contributed by atoms with E-state index in [-0.39, 0.29) is 28.4 Å². The Morgan fingerprint density at radius 2 is 1.68 bits per heavy atom. The summed E-state index contributed by atoms with van der Waals surface area (Å²) in [5.74, 6) is 0. The molecule has 0 saturated carbocycles. The number of allylic oxidation sites excluding steroid dienone is 5. The number of fused-ring (bicyclic) bond motifs is 1. The maximum atomic E-state index is 13.2. The summed E-state index contributed by atoms with van der Waals surface area (Å²) in [5.41, 5.74) is 2.18. The minimum atomic E-state index is -6.10. The van der Waals surface area contributed by atoms with E-state index in [1.54, 1.807) is 0 Å². The van der Waals surface area contributed by atoms with Crippen LogP contribution < -0.4 is 0 Å². The Balaban J connectivity index is 0.00000156. The predicted molar refractivity (Wildman–Crippen MR) is 113 cm³/mol. The summed E-state index contributed by atoms with van der Waals surface area (Å²) in [7, 11) is 0. The van der Waals surface area contributed by atoms with Gasteiger partial charge in [-0.1, -0.05) is 0 Å². The first kappa shape index (κ1) is 22.7. The topological polar surface area (TPSA) is 34.1 Å². The molecule has 1 aromatic rings. The third-order valence-corrected chi connectivity index (χ3v) is 48.1. The van der Waals surface area contributed by atoms with Crippen molar-refractivity contribution in [2.24, 2.45) is 0 Å². The van der Waals surface area contributed by atoms with Crippen molar-refractivity contribution in [2.75, 3.05) is 0 Å². The fourth-order valence-corrected chi connectivity index (χ4v) is 25.4. The second-order valence-corrected chi connectivity index (χ2v) is 75.3. The quantitative estimate of drug-likeness (QED) is 0.420. The summed E-state index contributed by atoms with van der Waals surface area (Å²) >= 11 is -6.10. The van der Waals surface area contributed by atoms with Crippen LogP contribution >= 0.6 is 29.8 Å². The Morgan fingerprint density at radius 1 is 1.08 bits per heavy atom. The van der Waals surface area contributed by atoms with Gasteiger partial charge in [-0.3, -0.25) is 0 Å². The molecule has 6 heteroatoms. The molecule has 0 spiro atoms. The van der Waals surface area contributed by atoms with Gasteiger partial charge in [0.15, 0.2) is 0 Å². The number of halogens is 2. The molecule has 0 N–H and O–H groups in total. The van der Waals surface area contributed by atoms with Crippen molar-refractivity contribution in [2.45, 2.75) is 28.6 Å². The molecule has 2 nitrogen and oxygen atoms in total. The number of benzene rings is 1. The first-order valence-electron chi connectivity index (χ1n) is 8.27. The van der Waals surface area contributed by atoms with E-state index in [9.17, 15) is 9.13 Å². The van der Waals surface area contributed by atoms with Gasteiger partial charge in [-0.05, 0) is 0 Å². The van der Waals surface area contributed by atoms with E-state index >= 15 is 0 Å². The van der Waals surface area contributed by atoms with Crippen molar-refractivity contribution in [1.29, 1.82) is 0 Å². The summed E-state index contributed by atoms with van der Waals surface area (Å²) in [5, 5.41) is 0. The van der Waals surface area contributed by atoms with Crippen LogP contribution in [0.1, 0.15) is 21.2 Å². The van der Waals surface area contributed by atoms with E-state index in [1.807, 2.05) is 55.0 Å². The second kappa shape index (κ2) is 4.39. The third-order valence-electron chi connectivity index (χ3n) is 7.23. The fourth-order valence-electron chi connectivity index (χ4n) is 4.61. The van der Waals surface area contributed by atoms with Crippen LogP contribution in [0, 0.1) is 0 Å². The molecular weight excluding hydrogens is 453 g/mol. The van der Waals surface area contributed by atoms with Gasteiger partial charge in [0, 0.05) is 0 Å². The van der Waals surface area contributed by atoms with Crippen LogP contribution in [-0.4, -0.2) is 4.21 Å². The second-order valence-electron chi connectivity index (χ2n) is 12.4. The molecule has 2 aliphatic rings. The number of hydrogen-bond donors (Lipinski definition) is 0. The molecule has 1 aromatic carbocycles. The number of hydrogen-bond acceptors (Lipinski definition) is 2. The van der Waals surface area contributed by atoms with Crippen LogP contribution in [0.3, 0.4) is 0 Å². The van der Waals surface area contributed by atoms with Crippen LogP contribution in [0.15, 0.2) is 51.9 Å². The fraction of sp³-hybridized carbons (Fsp3) is 0.316. The Kier molecular flexibility index (Phi) is 3.99. The van der Waals surface area contributed by atoms with Gasteiger partial charge in [0.1, 0.15) is 0 Å². The van der Waals surface area contributed by atoms with E-state index in [2.05, 4.69) is 18.2 Å². The Bertz CT molecular complexity index is 1080. The van der Waals surface area contributed by atoms with Gasteiger partial charge in [0.25, 0.3) is 0 Å². The monoisotopic (exact) mass is 479 g/mol. The molecule has 0 radical (unpaired) electrons. The van der Waals surface area contributed by atoms with Gasteiger partial charge in [0.05, 0.1) is 0 Å². The van der Waals surface area contributed by atoms with E-state index in [1.165, 1.54) is 0 Å². The first-order valence-corrected chi connectivity index (χ1v) is 27.0. The summed E-state index contributed by atoms with van der Waals surface area (Å²) < 4.78 is 40.0. The van der Waals surface area contributed by atoms with Crippen molar-refractivity contribution in [3.63, 3.8) is 0 Å². The van der Waals surface area contributed by atoms with Gasteiger partial charge >= 0.3 is 129 Å². The molecule has 2 aliphatic carbocycles. The molecule has 0 amide bonds. The molecule has 0 fully saturated rings. The van der Waals surface area contributed by atoms with Crippen LogP contribution in [0.5, 0.6) is 0 Å². The third kappa shape index (κ3) is 2.36. The zero-order chi connectivity index (χ0) is 17.3. The molecule has 0 aromatic heterocycles. The van der Waals surface area contributed by atoms with Crippen molar-refractivity contribution in [3.8, 4) is 0 Å². The van der Waals surface area contributed by atoms with E-state index in [4.69, 9.17) is 4.21 Å². The van der Waals surface area contributed by atoms with E-state index in [0.717, 1.165) is 14.4 Å². The Morgan fingerprint density at radius 3 is 2.20 bits per heavy atom. The predicted octanol–water partition coefficient (Wildman–Crippen LogP) is 7.45. The average molecular weight is 482 g/mol. The molecule has 0 bridgehead atoms. The molecule has 1 unspecified atom stereocenters. The van der Waals surface area contributed by atoms with Gasteiger partial charge in [-0.2, -0.15) is 0 Å². The average Bonchev–Trinajstić information content (AvgIpc) is 3.09. The van der Waals surface area contributed by atoms with E-state index in [0.29, 0.717) is 6.42 Å². The molecule has 0 saturated heterocycles. The first-order chi connectivity index (χ1) is 10.2. The molecular formula is C19H28Cl2O2PZr. The van der Waals surface area contributed by atoms with Crippen LogP contribution in [0.25, 0.3) is 6.08 Å². The summed E-state index contributed by atoms with van der Waals surface area (Å²) in [6, 6.07) is 8.08. The Hall–Kier alpha value is -0.327. The normalized spacial score (nSPS) is 24.3. The standard InChI is InChI=1S/C9H7.C5H5.4CH3.CH2.2ClH.O2P.Zr/c1-2-5-9-7-3-6-8(9)4-1;1-2-4-5-3-1;;;;;;;;1-3-2;/h1-7H;1-3H,4H2;4*1H3;1H2;2*1H;;. The maximum absolute atomic E-state index is 13.2. The minimum absolute atomic E-state index is 0. The summed E-state index contributed by atoms with van der Waals surface area (Å²) in [6.45, 7) is 0. The van der Waals surface area contributed by atoms with Crippen LogP contribution in [0.2, 0.25) is 18.5 Å². The summed E-state index contributed by atoms with van der Waals surface area (Å²) in [6.07, 6.45) is 10.8. The molecule has 3 rings (SSSR count). The summed E-state index contributed by atoms with van der Waals surface area (Å²) in [4.78, 5) is -2.81. The van der Waals surface area contributed by atoms with E-state index < -0.39 is 18.2 Å². The molecule has 0 aliphatic heterocycles. The Labute approximate surface area is 153 Å². The van der Waals surface area contributed by atoms with Crippen LogP contribution in [0.4, 0.5) is 0 Å². The zero-order valence-electron chi connectivity index (χ0n) is 15.3. The SMILES string of the molecule is Cl.Cl.[CH2]=[Zr]([CH3])([CH3])([CH3])([CH3])([C]1=CC=CC1)([CH]1C=Cc2ccccc21)[P](=O)=O. The number of rotatable bonds is 3. The van der Waals surface area contributed by atoms with Crippen molar-refractivity contribution < 1.29 is 22.4 Å². The molecule has 0 heterocycles. The zero-order valence-corrected chi connectivity index (χ0v) is 20.3. The molecule has 139 valence electrons. The molecule has 25 heavy (non-hydrogen) atoms. The van der Waals surface area contributed by atoms with Crippen molar-refractivity contribution in [1.82, 2.24) is 0 Å². The van der Waals surface area contributed by atoms with Gasteiger partial charge in [-0.25, -0.2) is 0 Å². The van der Waals surface area contributed by atoms with Gasteiger partial charge < -0.3 is 0 Å². The molecule has 1 atom stereocenters. The van der Waals surface area contributed by atoms with Gasteiger partial charge in [-0.15, -0.1) is 24.8 Å². The van der Waals surface area contributed by atoms with Crippen molar-refractivity contribution in [3.05, 3.63) is 63.0 Å².